The van der Waals surface area contributed by atoms with Gasteiger partial charge in [0.05, 0.1) is 0 Å². The van der Waals surface area contributed by atoms with Crippen molar-refractivity contribution in [1.29, 1.82) is 0 Å². The Bertz CT molecular complexity index is 354. The Kier molecular flexibility index (Phi) is 7.25. The van der Waals surface area contributed by atoms with Crippen LogP contribution in [0.4, 0.5) is 4.39 Å². The number of hydrogen-bond donors (Lipinski definition) is 2. The number of hydrogen-bond acceptors (Lipinski definition) is 2. The molecule has 2 N–H and O–H groups in total. The van der Waals surface area contributed by atoms with Crippen molar-refractivity contribution in [2.45, 2.75) is 32.7 Å². The number of aliphatic hydroxyl groups excluding tert-OH is 1. The van der Waals surface area contributed by atoms with Crippen LogP contribution in [0.3, 0.4) is 0 Å². The third-order valence-electron chi connectivity index (χ3n) is 3.00. The van der Waals surface area contributed by atoms with E-state index in [9.17, 15) is 4.39 Å². The Morgan fingerprint density at radius 3 is 2.78 bits per heavy atom. The second-order valence-electron chi connectivity index (χ2n) is 4.53. The number of aliphatic hydroxyl groups is 1. The second-order valence-corrected chi connectivity index (χ2v) is 4.97. The molecule has 0 radical (unpaired) electrons. The van der Waals surface area contributed by atoms with Crippen molar-refractivity contribution in [3.63, 3.8) is 0 Å². The van der Waals surface area contributed by atoms with Crippen LogP contribution in [-0.4, -0.2) is 18.3 Å². The van der Waals surface area contributed by atoms with Gasteiger partial charge < -0.3 is 10.4 Å². The topological polar surface area (TPSA) is 32.3 Å². The molecule has 1 rings (SSSR count). The minimum atomic E-state index is -0.274. The first-order valence-corrected chi connectivity index (χ1v) is 6.80. The molecule has 1 aromatic carbocycles. The summed E-state index contributed by atoms with van der Waals surface area (Å²) in [7, 11) is 0. The minimum absolute atomic E-state index is 0.210. The highest BCUT2D eigenvalue weighted by Gasteiger charge is 2.08. The van der Waals surface area contributed by atoms with Crippen LogP contribution < -0.4 is 5.32 Å². The molecular weight excluding hydrogens is 253 g/mol. The molecule has 1 atom stereocenters. The zero-order valence-corrected chi connectivity index (χ0v) is 11.5. The number of nitrogens with one attached hydrogen (secondary N) is 1. The predicted molar refractivity (Wildman–Crippen MR) is 73.2 cm³/mol. The van der Waals surface area contributed by atoms with Crippen LogP contribution in [0.2, 0.25) is 5.02 Å². The Morgan fingerprint density at radius 2 is 2.17 bits per heavy atom. The highest BCUT2D eigenvalue weighted by atomic mass is 35.5. The maximum atomic E-state index is 13.5. The Labute approximate surface area is 113 Å². The van der Waals surface area contributed by atoms with Crippen LogP contribution in [0, 0.1) is 11.7 Å². The highest BCUT2D eigenvalue weighted by molar-refractivity contribution is 6.30. The Morgan fingerprint density at radius 1 is 1.39 bits per heavy atom. The Balaban J connectivity index is 2.39. The molecule has 0 aliphatic carbocycles. The van der Waals surface area contributed by atoms with Crippen LogP contribution in [0.5, 0.6) is 0 Å². The zero-order chi connectivity index (χ0) is 13.4. The van der Waals surface area contributed by atoms with Gasteiger partial charge in [-0.05, 0) is 37.4 Å². The van der Waals surface area contributed by atoms with Crippen molar-refractivity contribution in [3.8, 4) is 0 Å². The van der Waals surface area contributed by atoms with Crippen LogP contribution in [0.15, 0.2) is 18.2 Å². The van der Waals surface area contributed by atoms with Crippen LogP contribution in [0.25, 0.3) is 0 Å². The quantitative estimate of drug-likeness (QED) is 0.761. The maximum Gasteiger partial charge on any atom is 0.129 e. The molecule has 0 aliphatic rings. The van der Waals surface area contributed by atoms with E-state index in [1.807, 2.05) is 0 Å². The van der Waals surface area contributed by atoms with Gasteiger partial charge in [0, 0.05) is 23.7 Å². The zero-order valence-electron chi connectivity index (χ0n) is 10.8. The van der Waals surface area contributed by atoms with Crippen LogP contribution >= 0.6 is 11.6 Å². The van der Waals surface area contributed by atoms with E-state index in [4.69, 9.17) is 16.7 Å². The molecule has 0 bridgehead atoms. The van der Waals surface area contributed by atoms with E-state index in [0.29, 0.717) is 23.0 Å². The third-order valence-corrected chi connectivity index (χ3v) is 3.23. The van der Waals surface area contributed by atoms with E-state index in [1.165, 1.54) is 6.07 Å². The summed E-state index contributed by atoms with van der Waals surface area (Å²) in [5, 5.41) is 12.6. The standard InChI is InChI=1S/C14H21ClFNO/c1-2-3-11(6-7-18)9-17-10-12-4-5-13(15)8-14(12)16/h4-5,8,11,17-18H,2-3,6-7,9-10H2,1H3. The lowest BCUT2D eigenvalue weighted by Crippen LogP contribution is -2.23. The predicted octanol–water partition coefficient (Wildman–Crippen LogP) is 3.37. The molecule has 0 aromatic heterocycles. The summed E-state index contributed by atoms with van der Waals surface area (Å²) in [6, 6.07) is 4.72. The highest BCUT2D eigenvalue weighted by Crippen LogP contribution is 2.15. The van der Waals surface area contributed by atoms with Crippen molar-refractivity contribution in [2.75, 3.05) is 13.2 Å². The fourth-order valence-corrected chi connectivity index (χ4v) is 2.17. The fourth-order valence-electron chi connectivity index (χ4n) is 2.02. The van der Waals surface area contributed by atoms with Crippen LogP contribution in [-0.2, 0) is 6.54 Å². The molecule has 102 valence electrons. The van der Waals surface area contributed by atoms with Gasteiger partial charge >= 0.3 is 0 Å². The van der Waals surface area contributed by atoms with E-state index >= 15 is 0 Å². The molecule has 18 heavy (non-hydrogen) atoms. The first-order chi connectivity index (χ1) is 8.67. The molecule has 2 nitrogen and oxygen atoms in total. The third kappa shape index (κ3) is 5.34. The smallest absolute Gasteiger partial charge is 0.129 e. The van der Waals surface area contributed by atoms with E-state index in [2.05, 4.69) is 12.2 Å². The summed E-state index contributed by atoms with van der Waals surface area (Å²) in [6.45, 7) is 3.63. The van der Waals surface area contributed by atoms with Gasteiger partial charge in [-0.15, -0.1) is 0 Å². The van der Waals surface area contributed by atoms with Gasteiger partial charge in [-0.1, -0.05) is 31.0 Å². The summed E-state index contributed by atoms with van der Waals surface area (Å²) in [5.74, 6) is 0.180. The van der Waals surface area contributed by atoms with Gasteiger partial charge in [0.2, 0.25) is 0 Å². The van der Waals surface area contributed by atoms with Crippen molar-refractivity contribution in [2.24, 2.45) is 5.92 Å². The maximum absolute atomic E-state index is 13.5. The lowest BCUT2D eigenvalue weighted by Gasteiger charge is -2.15. The van der Waals surface area contributed by atoms with Gasteiger partial charge in [-0.2, -0.15) is 0 Å². The molecule has 0 saturated carbocycles. The van der Waals surface area contributed by atoms with E-state index in [0.717, 1.165) is 25.8 Å². The Hall–Kier alpha value is -0.640. The molecule has 1 unspecified atom stereocenters. The van der Waals surface area contributed by atoms with Gasteiger partial charge in [0.15, 0.2) is 0 Å². The fraction of sp³-hybridized carbons (Fsp3) is 0.571. The van der Waals surface area contributed by atoms with E-state index < -0.39 is 0 Å². The summed E-state index contributed by atoms with van der Waals surface area (Å²) in [5.41, 5.74) is 0.624. The van der Waals surface area contributed by atoms with Crippen molar-refractivity contribution in [1.82, 2.24) is 5.32 Å². The number of benzene rings is 1. The minimum Gasteiger partial charge on any atom is -0.396 e. The summed E-state index contributed by atoms with van der Waals surface area (Å²) in [6.07, 6.45) is 2.97. The SMILES string of the molecule is CCCC(CCO)CNCc1ccc(Cl)cc1F. The molecule has 0 aliphatic heterocycles. The molecular formula is C14H21ClFNO. The summed E-state index contributed by atoms with van der Waals surface area (Å²) < 4.78 is 13.5. The van der Waals surface area contributed by atoms with Crippen molar-refractivity contribution >= 4 is 11.6 Å². The van der Waals surface area contributed by atoms with Gasteiger partial charge in [0.1, 0.15) is 5.82 Å². The van der Waals surface area contributed by atoms with Gasteiger partial charge in [0.25, 0.3) is 0 Å². The average molecular weight is 274 g/mol. The molecule has 1 aromatic rings. The first-order valence-electron chi connectivity index (χ1n) is 6.42. The first kappa shape index (κ1) is 15.4. The number of rotatable bonds is 8. The molecule has 0 fully saturated rings. The molecule has 4 heteroatoms. The normalized spacial score (nSPS) is 12.7. The monoisotopic (exact) mass is 273 g/mol. The number of halogens is 2. The van der Waals surface area contributed by atoms with E-state index in [1.54, 1.807) is 12.1 Å². The summed E-state index contributed by atoms with van der Waals surface area (Å²) in [4.78, 5) is 0. The molecule has 0 spiro atoms. The molecule has 0 saturated heterocycles. The van der Waals surface area contributed by atoms with E-state index in [-0.39, 0.29) is 12.4 Å². The lowest BCUT2D eigenvalue weighted by atomic mass is 10.0. The van der Waals surface area contributed by atoms with Crippen molar-refractivity contribution in [3.05, 3.63) is 34.6 Å². The molecule has 0 amide bonds. The van der Waals surface area contributed by atoms with Crippen molar-refractivity contribution < 1.29 is 9.50 Å². The average Bonchev–Trinajstić information content (AvgIpc) is 2.32. The summed E-state index contributed by atoms with van der Waals surface area (Å²) >= 11 is 5.70. The molecule has 0 heterocycles. The lowest BCUT2D eigenvalue weighted by molar-refractivity contribution is 0.248. The van der Waals surface area contributed by atoms with Gasteiger partial charge in [-0.25, -0.2) is 4.39 Å². The largest absolute Gasteiger partial charge is 0.396 e. The van der Waals surface area contributed by atoms with Gasteiger partial charge in [-0.3, -0.25) is 0 Å². The van der Waals surface area contributed by atoms with Crippen LogP contribution in [0.1, 0.15) is 31.7 Å². The second kappa shape index (κ2) is 8.46.